The van der Waals surface area contributed by atoms with Crippen LogP contribution in [0.2, 0.25) is 0 Å². The number of alkyl halides is 3. The number of carbonyl (C=O) groups excluding carboxylic acids is 1. The summed E-state index contributed by atoms with van der Waals surface area (Å²) in [6, 6.07) is 7.47. The number of hydrogen-bond acceptors (Lipinski definition) is 3. The van der Waals surface area contributed by atoms with E-state index >= 15 is 0 Å². The molecular weight excluding hydrogens is 383 g/mol. The summed E-state index contributed by atoms with van der Waals surface area (Å²) >= 11 is 0. The number of hydrogen-bond donors (Lipinski definition) is 1. The van der Waals surface area contributed by atoms with Crippen LogP contribution in [0.1, 0.15) is 27.2 Å². The molecule has 4 nitrogen and oxygen atoms in total. The predicted octanol–water partition coefficient (Wildman–Crippen LogP) is 4.88. The Kier molecular flexibility index (Phi) is 5.17. The van der Waals surface area contributed by atoms with Gasteiger partial charge in [-0.05, 0) is 36.8 Å². The van der Waals surface area contributed by atoms with Crippen molar-refractivity contribution in [2.75, 3.05) is 0 Å². The van der Waals surface area contributed by atoms with Crippen LogP contribution in [0.25, 0.3) is 11.3 Å². The Balaban J connectivity index is 1.86. The number of rotatable bonds is 4. The summed E-state index contributed by atoms with van der Waals surface area (Å²) in [5.74, 6) is -2.86. The minimum absolute atomic E-state index is 0.0356. The van der Waals surface area contributed by atoms with Gasteiger partial charge in [0, 0.05) is 12.1 Å². The van der Waals surface area contributed by atoms with Gasteiger partial charge in [-0.15, -0.1) is 0 Å². The maximum absolute atomic E-state index is 13.3. The second-order valence-corrected chi connectivity index (χ2v) is 5.98. The van der Waals surface area contributed by atoms with Crippen LogP contribution in [0.4, 0.5) is 22.0 Å². The molecule has 0 unspecified atom stereocenters. The quantitative estimate of drug-likeness (QED) is 0.640. The highest BCUT2D eigenvalue weighted by Gasteiger charge is 2.31. The first-order chi connectivity index (χ1) is 13.2. The lowest BCUT2D eigenvalue weighted by molar-refractivity contribution is -0.137. The number of halogens is 5. The van der Waals surface area contributed by atoms with Crippen molar-refractivity contribution in [1.29, 1.82) is 0 Å². The Morgan fingerprint density at radius 3 is 2.54 bits per heavy atom. The van der Waals surface area contributed by atoms with Crippen LogP contribution in [-0.2, 0) is 12.7 Å². The molecule has 0 bridgehead atoms. The molecule has 0 saturated carbocycles. The fourth-order valence-corrected chi connectivity index (χ4v) is 2.59. The monoisotopic (exact) mass is 396 g/mol. The van der Waals surface area contributed by atoms with Gasteiger partial charge in [0.2, 0.25) is 0 Å². The predicted molar refractivity (Wildman–Crippen MR) is 89.2 cm³/mol. The van der Waals surface area contributed by atoms with Gasteiger partial charge in [0.05, 0.1) is 11.3 Å². The second-order valence-electron chi connectivity index (χ2n) is 5.98. The zero-order valence-corrected chi connectivity index (χ0v) is 14.4. The summed E-state index contributed by atoms with van der Waals surface area (Å²) in [7, 11) is 0. The van der Waals surface area contributed by atoms with Crippen LogP contribution in [0.15, 0.2) is 47.0 Å². The first-order valence-electron chi connectivity index (χ1n) is 8.03. The maximum atomic E-state index is 13.3. The summed E-state index contributed by atoms with van der Waals surface area (Å²) < 4.78 is 70.1. The zero-order chi connectivity index (χ0) is 20.5. The van der Waals surface area contributed by atoms with Crippen molar-refractivity contribution in [2.24, 2.45) is 0 Å². The van der Waals surface area contributed by atoms with Crippen molar-refractivity contribution in [3.05, 3.63) is 76.5 Å². The molecule has 0 aliphatic heterocycles. The molecule has 1 aromatic heterocycles. The molecule has 0 aliphatic rings. The fourth-order valence-electron chi connectivity index (χ4n) is 2.59. The molecule has 2 aromatic carbocycles. The van der Waals surface area contributed by atoms with Crippen LogP contribution in [0.3, 0.4) is 0 Å². The van der Waals surface area contributed by atoms with Gasteiger partial charge in [-0.1, -0.05) is 23.4 Å². The van der Waals surface area contributed by atoms with E-state index in [1.807, 2.05) is 0 Å². The van der Waals surface area contributed by atoms with Crippen molar-refractivity contribution in [3.63, 3.8) is 0 Å². The summed E-state index contributed by atoms with van der Waals surface area (Å²) in [5.41, 5.74) is -0.417. The average Bonchev–Trinajstić information content (AvgIpc) is 3.03. The van der Waals surface area contributed by atoms with Gasteiger partial charge in [-0.2, -0.15) is 13.2 Å². The van der Waals surface area contributed by atoms with Crippen molar-refractivity contribution in [1.82, 2.24) is 10.5 Å². The number of nitrogens with zero attached hydrogens (tertiary/aromatic N) is 1. The van der Waals surface area contributed by atoms with Crippen molar-refractivity contribution in [3.8, 4) is 11.3 Å². The molecule has 3 rings (SSSR count). The first-order valence-corrected chi connectivity index (χ1v) is 8.03. The lowest BCUT2D eigenvalue weighted by Crippen LogP contribution is -2.23. The highest BCUT2D eigenvalue weighted by molar-refractivity contribution is 6.00. The molecule has 0 radical (unpaired) electrons. The molecule has 0 fully saturated rings. The van der Waals surface area contributed by atoms with Gasteiger partial charge < -0.3 is 9.84 Å². The number of aromatic nitrogens is 1. The molecule has 146 valence electrons. The zero-order valence-electron chi connectivity index (χ0n) is 14.4. The number of nitrogens with one attached hydrogen (secondary N) is 1. The number of aryl methyl sites for hydroxylation is 1. The standard InChI is InChI=1S/C19H13F5N2O2/c1-10-16(18(27)25-9-11-5-6-14(20)15(21)7-11)17(28-26-10)12-3-2-4-13(8-12)19(22,23)24/h2-8H,9H2,1H3,(H,25,27). The number of benzene rings is 2. The third kappa shape index (κ3) is 4.03. The number of amides is 1. The molecule has 3 aromatic rings. The van der Waals surface area contributed by atoms with Crippen molar-refractivity contribution < 1.29 is 31.3 Å². The molecule has 0 saturated heterocycles. The topological polar surface area (TPSA) is 55.1 Å². The summed E-state index contributed by atoms with van der Waals surface area (Å²) in [6.45, 7) is 1.34. The van der Waals surface area contributed by atoms with Gasteiger partial charge in [0.15, 0.2) is 17.4 Å². The summed E-state index contributed by atoms with van der Waals surface area (Å²) in [4.78, 5) is 12.5. The van der Waals surface area contributed by atoms with E-state index in [-0.39, 0.29) is 29.1 Å². The van der Waals surface area contributed by atoms with Gasteiger partial charge in [-0.25, -0.2) is 8.78 Å². The Labute approximate surface area is 156 Å². The molecule has 9 heteroatoms. The lowest BCUT2D eigenvalue weighted by atomic mass is 10.0. The lowest BCUT2D eigenvalue weighted by Gasteiger charge is -2.09. The van der Waals surface area contributed by atoms with Crippen molar-refractivity contribution >= 4 is 5.91 Å². The van der Waals surface area contributed by atoms with E-state index in [9.17, 15) is 26.7 Å². The third-order valence-corrected chi connectivity index (χ3v) is 3.98. The SMILES string of the molecule is Cc1noc(-c2cccc(C(F)(F)F)c2)c1C(=O)NCc1ccc(F)c(F)c1. The summed E-state index contributed by atoms with van der Waals surface area (Å²) in [6.07, 6.45) is -4.56. The molecular formula is C19H13F5N2O2. The molecule has 28 heavy (non-hydrogen) atoms. The molecule has 1 N–H and O–H groups in total. The minimum atomic E-state index is -4.56. The Bertz CT molecular complexity index is 1030. The van der Waals surface area contributed by atoms with E-state index in [0.717, 1.165) is 24.3 Å². The third-order valence-electron chi connectivity index (χ3n) is 3.98. The normalized spacial score (nSPS) is 11.5. The molecule has 0 spiro atoms. The van der Waals surface area contributed by atoms with Crippen LogP contribution in [0.5, 0.6) is 0 Å². The molecule has 0 atom stereocenters. The van der Waals surface area contributed by atoms with Gasteiger partial charge >= 0.3 is 6.18 Å². The van der Waals surface area contributed by atoms with Crippen LogP contribution >= 0.6 is 0 Å². The summed E-state index contributed by atoms with van der Waals surface area (Å²) in [5, 5.41) is 6.15. The van der Waals surface area contributed by atoms with Gasteiger partial charge in [0.1, 0.15) is 5.56 Å². The van der Waals surface area contributed by atoms with Crippen LogP contribution in [0, 0.1) is 18.6 Å². The molecule has 0 aliphatic carbocycles. The van der Waals surface area contributed by atoms with E-state index < -0.39 is 29.3 Å². The van der Waals surface area contributed by atoms with Gasteiger partial charge in [-0.3, -0.25) is 4.79 Å². The fraction of sp³-hybridized carbons (Fsp3) is 0.158. The Hall–Kier alpha value is -3.23. The Morgan fingerprint density at radius 2 is 1.86 bits per heavy atom. The average molecular weight is 396 g/mol. The second kappa shape index (κ2) is 7.41. The maximum Gasteiger partial charge on any atom is 0.416 e. The van der Waals surface area contributed by atoms with Crippen LogP contribution in [-0.4, -0.2) is 11.1 Å². The Morgan fingerprint density at radius 1 is 1.11 bits per heavy atom. The van der Waals surface area contributed by atoms with Crippen molar-refractivity contribution in [2.45, 2.75) is 19.6 Å². The van der Waals surface area contributed by atoms with E-state index in [1.54, 1.807) is 0 Å². The highest BCUT2D eigenvalue weighted by atomic mass is 19.4. The molecule has 1 amide bonds. The van der Waals surface area contributed by atoms with E-state index in [4.69, 9.17) is 4.52 Å². The minimum Gasteiger partial charge on any atom is -0.355 e. The van der Waals surface area contributed by atoms with Crippen LogP contribution < -0.4 is 5.32 Å². The molecule has 1 heterocycles. The van der Waals surface area contributed by atoms with E-state index in [1.165, 1.54) is 25.1 Å². The van der Waals surface area contributed by atoms with Gasteiger partial charge in [0.25, 0.3) is 5.91 Å². The highest BCUT2D eigenvalue weighted by Crippen LogP contribution is 2.33. The van der Waals surface area contributed by atoms with E-state index in [0.29, 0.717) is 5.56 Å². The largest absolute Gasteiger partial charge is 0.416 e. The first kappa shape index (κ1) is 19.5. The van der Waals surface area contributed by atoms with E-state index in [2.05, 4.69) is 10.5 Å². The smallest absolute Gasteiger partial charge is 0.355 e. The number of carbonyl (C=O) groups is 1.